The van der Waals surface area contributed by atoms with Gasteiger partial charge in [0.05, 0.1) is 6.26 Å². The van der Waals surface area contributed by atoms with Crippen LogP contribution < -0.4 is 0 Å². The first-order valence-electron chi connectivity index (χ1n) is 6.46. The number of rotatable bonds is 4. The summed E-state index contributed by atoms with van der Waals surface area (Å²) in [5, 5.41) is 0. The average molecular weight is 240 g/mol. The van der Waals surface area contributed by atoms with Crippen molar-refractivity contribution >= 4 is 5.78 Å². The van der Waals surface area contributed by atoms with Crippen LogP contribution in [0, 0.1) is 5.92 Å². The molecule has 2 atom stereocenters. The Morgan fingerprint density at radius 2 is 2.06 bits per heavy atom. The lowest BCUT2D eigenvalue weighted by Gasteiger charge is -2.01. The number of hydrogen-bond acceptors (Lipinski definition) is 2. The van der Waals surface area contributed by atoms with Gasteiger partial charge < -0.3 is 4.42 Å². The molecule has 0 amide bonds. The zero-order chi connectivity index (χ0) is 12.5. The van der Waals surface area contributed by atoms with Gasteiger partial charge in [-0.1, -0.05) is 31.2 Å². The fourth-order valence-electron chi connectivity index (χ4n) is 2.42. The van der Waals surface area contributed by atoms with E-state index < -0.39 is 0 Å². The highest BCUT2D eigenvalue weighted by Crippen LogP contribution is 2.49. The molecule has 1 aromatic heterocycles. The smallest absolute Gasteiger partial charge is 0.166 e. The maximum absolute atomic E-state index is 12.3. The number of ketones is 1. The van der Waals surface area contributed by atoms with Crippen LogP contribution in [0.4, 0.5) is 0 Å². The van der Waals surface area contributed by atoms with Crippen molar-refractivity contribution in [2.45, 2.75) is 25.7 Å². The summed E-state index contributed by atoms with van der Waals surface area (Å²) >= 11 is 0. The lowest BCUT2D eigenvalue weighted by Crippen LogP contribution is -2.03. The molecule has 2 aromatic rings. The van der Waals surface area contributed by atoms with E-state index >= 15 is 0 Å². The number of hydrogen-bond donors (Lipinski definition) is 0. The third-order valence-corrected chi connectivity index (χ3v) is 3.68. The van der Waals surface area contributed by atoms with Crippen LogP contribution in [0.3, 0.4) is 0 Å². The molecule has 0 radical (unpaired) electrons. The van der Waals surface area contributed by atoms with Crippen LogP contribution in [0.2, 0.25) is 0 Å². The number of benzene rings is 1. The van der Waals surface area contributed by atoms with Crippen LogP contribution in [0.5, 0.6) is 0 Å². The van der Waals surface area contributed by atoms with Crippen LogP contribution in [-0.2, 0) is 6.42 Å². The van der Waals surface area contributed by atoms with E-state index in [1.165, 1.54) is 5.56 Å². The van der Waals surface area contributed by atoms with E-state index in [0.717, 1.165) is 24.2 Å². The molecule has 0 spiro atoms. The van der Waals surface area contributed by atoms with Crippen molar-refractivity contribution in [1.82, 2.24) is 0 Å². The Balaban J connectivity index is 1.72. The quantitative estimate of drug-likeness (QED) is 0.760. The highest BCUT2D eigenvalue weighted by atomic mass is 16.3. The minimum absolute atomic E-state index is 0.114. The Bertz CT molecular complexity index is 537. The summed E-state index contributed by atoms with van der Waals surface area (Å²) in [5.41, 5.74) is 2.09. The number of furan rings is 1. The third-order valence-electron chi connectivity index (χ3n) is 3.68. The van der Waals surface area contributed by atoms with Crippen molar-refractivity contribution in [3.05, 3.63) is 59.5 Å². The van der Waals surface area contributed by atoms with Gasteiger partial charge in [-0.3, -0.25) is 4.79 Å². The molecule has 0 bridgehead atoms. The maximum atomic E-state index is 12.3. The van der Waals surface area contributed by atoms with Crippen molar-refractivity contribution in [3.63, 3.8) is 0 Å². The molecule has 0 saturated heterocycles. The van der Waals surface area contributed by atoms with Crippen LogP contribution >= 0.6 is 0 Å². The summed E-state index contributed by atoms with van der Waals surface area (Å²) in [6.07, 6.45) is 3.60. The van der Waals surface area contributed by atoms with E-state index in [1.807, 2.05) is 36.4 Å². The molecule has 2 unspecified atom stereocenters. The predicted octanol–water partition coefficient (Wildman–Crippen LogP) is 3.83. The predicted molar refractivity (Wildman–Crippen MR) is 69.7 cm³/mol. The van der Waals surface area contributed by atoms with Crippen molar-refractivity contribution in [1.29, 1.82) is 0 Å². The minimum Gasteiger partial charge on any atom is -0.469 e. The zero-order valence-electron chi connectivity index (χ0n) is 10.4. The number of aryl methyl sites for hydroxylation is 1. The molecule has 1 aliphatic rings. The van der Waals surface area contributed by atoms with Gasteiger partial charge in [-0.25, -0.2) is 0 Å². The summed E-state index contributed by atoms with van der Waals surface area (Å²) in [5.74, 6) is 1.60. The molecule has 1 aliphatic carbocycles. The van der Waals surface area contributed by atoms with E-state index in [9.17, 15) is 4.79 Å². The summed E-state index contributed by atoms with van der Waals surface area (Å²) in [4.78, 5) is 12.3. The van der Waals surface area contributed by atoms with E-state index in [1.54, 1.807) is 6.26 Å². The highest BCUT2D eigenvalue weighted by Gasteiger charge is 2.45. The van der Waals surface area contributed by atoms with Gasteiger partial charge in [-0.05, 0) is 30.5 Å². The molecular formula is C16H16O2. The van der Waals surface area contributed by atoms with Gasteiger partial charge in [0.15, 0.2) is 5.78 Å². The van der Waals surface area contributed by atoms with Gasteiger partial charge in [0, 0.05) is 17.4 Å². The third kappa shape index (κ3) is 1.99. The van der Waals surface area contributed by atoms with Gasteiger partial charge in [-0.2, -0.15) is 0 Å². The molecule has 0 aliphatic heterocycles. The Labute approximate surface area is 107 Å². The Morgan fingerprint density at radius 1 is 1.28 bits per heavy atom. The van der Waals surface area contributed by atoms with Gasteiger partial charge in [0.25, 0.3) is 0 Å². The second-order valence-corrected chi connectivity index (χ2v) is 4.88. The molecular weight excluding hydrogens is 224 g/mol. The largest absolute Gasteiger partial charge is 0.469 e. The molecule has 1 saturated carbocycles. The molecule has 1 heterocycles. The topological polar surface area (TPSA) is 30.2 Å². The minimum atomic E-state index is 0.114. The summed E-state index contributed by atoms with van der Waals surface area (Å²) in [7, 11) is 0. The first kappa shape index (κ1) is 11.3. The fourth-order valence-corrected chi connectivity index (χ4v) is 2.42. The zero-order valence-corrected chi connectivity index (χ0v) is 10.4. The van der Waals surface area contributed by atoms with Gasteiger partial charge in [-0.15, -0.1) is 0 Å². The normalized spacial score (nSPS) is 21.8. The van der Waals surface area contributed by atoms with E-state index in [-0.39, 0.29) is 11.7 Å². The van der Waals surface area contributed by atoms with Crippen LogP contribution in [-0.4, -0.2) is 5.78 Å². The van der Waals surface area contributed by atoms with E-state index in [2.05, 4.69) is 6.92 Å². The second kappa shape index (κ2) is 4.45. The van der Waals surface area contributed by atoms with Gasteiger partial charge in [0.2, 0.25) is 0 Å². The Hall–Kier alpha value is -1.83. The summed E-state index contributed by atoms with van der Waals surface area (Å²) < 4.78 is 5.36. The molecule has 92 valence electrons. The van der Waals surface area contributed by atoms with Crippen LogP contribution in [0.15, 0.2) is 47.1 Å². The molecule has 2 heteroatoms. The molecule has 3 rings (SSSR count). The van der Waals surface area contributed by atoms with Crippen molar-refractivity contribution in [3.8, 4) is 0 Å². The average Bonchev–Trinajstić information content (AvgIpc) is 3.03. The van der Waals surface area contributed by atoms with Crippen LogP contribution in [0.1, 0.15) is 40.9 Å². The maximum Gasteiger partial charge on any atom is 0.166 e. The standard InChI is InChI=1S/C16H16O2/c1-2-11-5-7-12(8-6-11)16(17)14-10-13(14)15-4-3-9-18-15/h3-9,13-14H,2,10H2,1H3. The highest BCUT2D eigenvalue weighted by molar-refractivity contribution is 6.00. The molecule has 18 heavy (non-hydrogen) atoms. The van der Waals surface area contributed by atoms with E-state index in [4.69, 9.17) is 4.42 Å². The second-order valence-electron chi connectivity index (χ2n) is 4.88. The molecule has 0 N–H and O–H groups in total. The Morgan fingerprint density at radius 3 is 2.67 bits per heavy atom. The van der Waals surface area contributed by atoms with Crippen molar-refractivity contribution in [2.24, 2.45) is 5.92 Å². The number of Topliss-reactive ketones (excluding diaryl/α,β-unsaturated/α-hetero) is 1. The monoisotopic (exact) mass is 240 g/mol. The first-order valence-corrected chi connectivity index (χ1v) is 6.46. The van der Waals surface area contributed by atoms with Gasteiger partial charge in [0.1, 0.15) is 5.76 Å². The van der Waals surface area contributed by atoms with Crippen molar-refractivity contribution < 1.29 is 9.21 Å². The first-order chi connectivity index (χ1) is 8.79. The van der Waals surface area contributed by atoms with Crippen molar-refractivity contribution in [2.75, 3.05) is 0 Å². The Kier molecular flexibility index (Phi) is 2.78. The molecule has 1 aromatic carbocycles. The lowest BCUT2D eigenvalue weighted by molar-refractivity contribution is 0.0964. The number of carbonyl (C=O) groups excluding carboxylic acids is 1. The molecule has 2 nitrogen and oxygen atoms in total. The van der Waals surface area contributed by atoms with E-state index in [0.29, 0.717) is 5.92 Å². The van der Waals surface area contributed by atoms with Gasteiger partial charge >= 0.3 is 0 Å². The summed E-state index contributed by atoms with van der Waals surface area (Å²) in [6, 6.07) is 11.8. The number of carbonyl (C=O) groups is 1. The fraction of sp³-hybridized carbons (Fsp3) is 0.312. The lowest BCUT2D eigenvalue weighted by atomic mass is 10.0. The summed E-state index contributed by atoms with van der Waals surface area (Å²) in [6.45, 7) is 2.12. The SMILES string of the molecule is CCc1ccc(C(=O)C2CC2c2ccco2)cc1. The molecule has 1 fully saturated rings. The van der Waals surface area contributed by atoms with Crippen LogP contribution in [0.25, 0.3) is 0 Å².